The second-order valence-electron chi connectivity index (χ2n) is 7.51. The first-order valence-corrected chi connectivity index (χ1v) is 11.2. The lowest BCUT2D eigenvalue weighted by Crippen LogP contribution is -2.27. The molecule has 1 fully saturated rings. The van der Waals surface area contributed by atoms with Gasteiger partial charge >= 0.3 is 0 Å². The molecular weight excluding hydrogens is 423 g/mol. The first-order valence-electron chi connectivity index (χ1n) is 10.2. The molecule has 0 bridgehead atoms. The van der Waals surface area contributed by atoms with E-state index >= 15 is 0 Å². The van der Waals surface area contributed by atoms with E-state index in [9.17, 15) is 14.0 Å². The van der Waals surface area contributed by atoms with Crippen LogP contribution in [-0.2, 0) is 4.79 Å². The number of nitrogens with zero attached hydrogens (tertiary/aromatic N) is 1. The highest BCUT2D eigenvalue weighted by molar-refractivity contribution is 8.00. The van der Waals surface area contributed by atoms with Gasteiger partial charge in [0.1, 0.15) is 11.2 Å². The van der Waals surface area contributed by atoms with Crippen molar-refractivity contribution in [3.63, 3.8) is 0 Å². The maximum atomic E-state index is 13.8. The fraction of sp³-hybridized carbons (Fsp3) is 0.0769. The molecule has 1 saturated heterocycles. The van der Waals surface area contributed by atoms with Crippen LogP contribution in [0.2, 0.25) is 0 Å². The summed E-state index contributed by atoms with van der Waals surface area (Å²) in [5, 5.41) is 4.57. The average Bonchev–Trinajstić information content (AvgIpc) is 3.20. The van der Waals surface area contributed by atoms with E-state index in [1.54, 1.807) is 23.1 Å². The summed E-state index contributed by atoms with van der Waals surface area (Å²) in [5.74, 6) is -0.345. The Kier molecular flexibility index (Phi) is 5.37. The van der Waals surface area contributed by atoms with E-state index in [-0.39, 0.29) is 23.0 Å². The van der Waals surface area contributed by atoms with Crippen molar-refractivity contribution in [1.82, 2.24) is 0 Å². The number of thioether (sulfide) groups is 1. The first kappa shape index (κ1) is 20.3. The molecule has 0 aromatic heterocycles. The largest absolute Gasteiger partial charge is 0.322 e. The maximum absolute atomic E-state index is 13.8. The van der Waals surface area contributed by atoms with Gasteiger partial charge in [-0.2, -0.15) is 0 Å². The van der Waals surface area contributed by atoms with Crippen LogP contribution in [0.15, 0.2) is 91.0 Å². The van der Waals surface area contributed by atoms with Crippen molar-refractivity contribution in [2.75, 3.05) is 16.0 Å². The number of anilines is 2. The quantitative estimate of drug-likeness (QED) is 0.421. The zero-order chi connectivity index (χ0) is 22.1. The molecule has 0 unspecified atom stereocenters. The van der Waals surface area contributed by atoms with Crippen molar-refractivity contribution in [3.8, 4) is 0 Å². The minimum absolute atomic E-state index is 0.0733. The van der Waals surface area contributed by atoms with E-state index in [1.165, 1.54) is 23.9 Å². The lowest BCUT2D eigenvalue weighted by atomic mass is 10.0. The summed E-state index contributed by atoms with van der Waals surface area (Å²) in [6.45, 7) is 0. The fourth-order valence-electron chi connectivity index (χ4n) is 3.97. The number of nitrogens with one attached hydrogen (secondary N) is 1. The third-order valence-corrected chi connectivity index (χ3v) is 6.63. The van der Waals surface area contributed by atoms with E-state index < -0.39 is 0 Å². The predicted octanol–water partition coefficient (Wildman–Crippen LogP) is 6.01. The molecule has 4 nitrogen and oxygen atoms in total. The molecule has 1 N–H and O–H groups in total. The Morgan fingerprint density at radius 1 is 0.938 bits per heavy atom. The standard InChI is InChI=1S/C26H19FN2O2S/c27-19-9-5-11-21(15-19)29-24(30)16-32-26(29)18-8-3-10-20(14-18)28-25(31)23-13-4-7-17-6-1-2-12-22(17)23/h1-15,26H,16H2,(H,28,31)/t26-/m1/s1. The molecule has 158 valence electrons. The Bertz CT molecular complexity index is 1330. The SMILES string of the molecule is O=C(Nc1cccc([C@H]2SCC(=O)N2c2cccc(F)c2)c1)c1cccc2ccccc12. The molecule has 32 heavy (non-hydrogen) atoms. The first-order chi connectivity index (χ1) is 15.6. The van der Waals surface area contributed by atoms with Crippen LogP contribution >= 0.6 is 11.8 Å². The van der Waals surface area contributed by atoms with Crippen LogP contribution in [0.3, 0.4) is 0 Å². The summed E-state index contributed by atoms with van der Waals surface area (Å²) in [5.41, 5.74) is 2.62. The molecule has 5 rings (SSSR count). The molecule has 4 aromatic rings. The van der Waals surface area contributed by atoms with Gasteiger partial charge in [-0.25, -0.2) is 4.39 Å². The smallest absolute Gasteiger partial charge is 0.256 e. The molecule has 4 aromatic carbocycles. The van der Waals surface area contributed by atoms with Gasteiger partial charge in [-0.15, -0.1) is 11.8 Å². The molecular formula is C26H19FN2O2S. The van der Waals surface area contributed by atoms with E-state index in [2.05, 4.69) is 5.32 Å². The minimum atomic E-state index is -0.387. The zero-order valence-electron chi connectivity index (χ0n) is 17.0. The number of amides is 2. The molecule has 0 saturated carbocycles. The van der Waals surface area contributed by atoms with Crippen molar-refractivity contribution < 1.29 is 14.0 Å². The van der Waals surface area contributed by atoms with Crippen LogP contribution in [0.25, 0.3) is 10.8 Å². The third kappa shape index (κ3) is 3.85. The normalized spacial score (nSPS) is 15.8. The molecule has 1 aliphatic rings. The molecule has 1 heterocycles. The molecule has 0 aliphatic carbocycles. The number of carbonyl (C=O) groups excluding carboxylic acids is 2. The summed E-state index contributed by atoms with van der Waals surface area (Å²) >= 11 is 1.48. The van der Waals surface area contributed by atoms with E-state index in [4.69, 9.17) is 0 Å². The molecule has 0 radical (unpaired) electrons. The summed E-state index contributed by atoms with van der Waals surface area (Å²) < 4.78 is 13.8. The number of carbonyl (C=O) groups is 2. The van der Waals surface area contributed by atoms with E-state index in [1.807, 2.05) is 60.7 Å². The Morgan fingerprint density at radius 2 is 1.72 bits per heavy atom. The zero-order valence-corrected chi connectivity index (χ0v) is 17.8. The predicted molar refractivity (Wildman–Crippen MR) is 127 cm³/mol. The van der Waals surface area contributed by atoms with E-state index in [0.29, 0.717) is 22.7 Å². The van der Waals surface area contributed by atoms with Gasteiger partial charge in [0.05, 0.1) is 5.75 Å². The third-order valence-electron chi connectivity index (χ3n) is 5.42. The monoisotopic (exact) mass is 442 g/mol. The van der Waals surface area contributed by atoms with E-state index in [0.717, 1.165) is 16.3 Å². The molecule has 1 atom stereocenters. The van der Waals surface area contributed by atoms with Crippen LogP contribution in [0, 0.1) is 5.82 Å². The second kappa shape index (κ2) is 8.48. The number of benzene rings is 4. The van der Waals surface area contributed by atoms with Crippen LogP contribution in [0.5, 0.6) is 0 Å². The topological polar surface area (TPSA) is 49.4 Å². The van der Waals surface area contributed by atoms with Gasteiger partial charge in [0.2, 0.25) is 5.91 Å². The minimum Gasteiger partial charge on any atom is -0.322 e. The molecule has 6 heteroatoms. The Hall–Kier alpha value is -3.64. The summed E-state index contributed by atoms with van der Waals surface area (Å²) in [4.78, 5) is 27.2. The fourth-order valence-corrected chi connectivity index (χ4v) is 5.13. The van der Waals surface area contributed by atoms with Gasteiger partial charge in [0.15, 0.2) is 0 Å². The van der Waals surface area contributed by atoms with Gasteiger partial charge in [0, 0.05) is 16.9 Å². The number of hydrogen-bond acceptors (Lipinski definition) is 3. The van der Waals surface area contributed by atoms with Crippen molar-refractivity contribution >= 4 is 45.7 Å². The van der Waals surface area contributed by atoms with Crippen LogP contribution in [0.1, 0.15) is 21.3 Å². The van der Waals surface area contributed by atoms with Gasteiger partial charge in [-0.3, -0.25) is 14.5 Å². The average molecular weight is 443 g/mol. The van der Waals surface area contributed by atoms with Gasteiger partial charge in [-0.1, -0.05) is 54.6 Å². The Balaban J connectivity index is 1.43. The lowest BCUT2D eigenvalue weighted by molar-refractivity contribution is -0.115. The highest BCUT2D eigenvalue weighted by atomic mass is 32.2. The van der Waals surface area contributed by atoms with Crippen molar-refractivity contribution in [2.24, 2.45) is 0 Å². The Labute approximate surface area is 189 Å². The summed E-state index contributed by atoms with van der Waals surface area (Å²) in [6, 6.07) is 26.9. The Morgan fingerprint density at radius 3 is 2.59 bits per heavy atom. The van der Waals surface area contributed by atoms with Crippen molar-refractivity contribution in [3.05, 3.63) is 108 Å². The second-order valence-corrected chi connectivity index (χ2v) is 8.58. The molecule has 1 aliphatic heterocycles. The summed E-state index contributed by atoms with van der Waals surface area (Å²) in [6.07, 6.45) is 0. The highest BCUT2D eigenvalue weighted by Crippen LogP contribution is 2.42. The van der Waals surface area contributed by atoms with Gasteiger partial charge in [-0.05, 0) is 52.7 Å². The molecule has 2 amide bonds. The number of rotatable bonds is 4. The highest BCUT2D eigenvalue weighted by Gasteiger charge is 2.34. The van der Waals surface area contributed by atoms with Gasteiger partial charge in [0.25, 0.3) is 5.91 Å². The van der Waals surface area contributed by atoms with Gasteiger partial charge < -0.3 is 5.32 Å². The van der Waals surface area contributed by atoms with Crippen molar-refractivity contribution in [1.29, 1.82) is 0 Å². The van der Waals surface area contributed by atoms with Crippen LogP contribution in [0.4, 0.5) is 15.8 Å². The number of fused-ring (bicyclic) bond motifs is 1. The summed E-state index contributed by atoms with van der Waals surface area (Å²) in [7, 11) is 0. The van der Waals surface area contributed by atoms with Crippen LogP contribution in [-0.4, -0.2) is 17.6 Å². The van der Waals surface area contributed by atoms with Crippen LogP contribution < -0.4 is 10.2 Å². The number of halogens is 1. The maximum Gasteiger partial charge on any atom is 0.256 e. The molecule has 0 spiro atoms. The number of hydrogen-bond donors (Lipinski definition) is 1. The lowest BCUT2D eigenvalue weighted by Gasteiger charge is -2.24. The van der Waals surface area contributed by atoms with Crippen molar-refractivity contribution in [2.45, 2.75) is 5.37 Å².